The number of H-pyrrole nitrogens is 1. The van der Waals surface area contributed by atoms with Crippen molar-refractivity contribution < 1.29 is 8.42 Å². The number of benzene rings is 2. The van der Waals surface area contributed by atoms with Crippen LogP contribution in [0, 0.1) is 6.92 Å². The van der Waals surface area contributed by atoms with E-state index >= 15 is 0 Å². The molecule has 1 N–H and O–H groups in total. The maximum absolute atomic E-state index is 13.1. The molecule has 0 aliphatic heterocycles. The van der Waals surface area contributed by atoms with Crippen LogP contribution in [0.3, 0.4) is 0 Å². The lowest BCUT2D eigenvalue weighted by Crippen LogP contribution is -2.27. The number of nitrogens with zero attached hydrogens (tertiary/aromatic N) is 2. The Kier molecular flexibility index (Phi) is 4.97. The van der Waals surface area contributed by atoms with Crippen LogP contribution in [-0.2, 0) is 10.0 Å². The molecule has 0 saturated carbocycles. The van der Waals surface area contributed by atoms with Gasteiger partial charge in [-0.3, -0.25) is 9.10 Å². The zero-order valence-electron chi connectivity index (χ0n) is 14.1. The summed E-state index contributed by atoms with van der Waals surface area (Å²) < 4.78 is 28.3. The molecule has 0 amide bonds. The molecule has 0 fully saturated rings. The van der Waals surface area contributed by atoms with Crippen molar-refractivity contribution in [1.29, 1.82) is 0 Å². The first-order valence-electron chi connectivity index (χ1n) is 7.70. The summed E-state index contributed by atoms with van der Waals surface area (Å²) in [4.78, 5) is 11.4. The lowest BCUT2D eigenvalue weighted by Gasteiger charge is -2.21. The molecule has 0 aliphatic rings. The maximum Gasteiger partial charge on any atom is 0.264 e. The standard InChI is InChI=1S/C18H16BrN3O3S/c1-12-3-4-13(16-9-10-18(23)21-20-16)11-17(12)26(24,25)22(2)15-7-5-14(19)6-8-15/h3-11H,1-2H3,(H,21,23). The van der Waals surface area contributed by atoms with Gasteiger partial charge in [-0.25, -0.2) is 13.5 Å². The number of aryl methyl sites for hydroxylation is 1. The molecule has 8 heteroatoms. The van der Waals surface area contributed by atoms with Gasteiger partial charge in [-0.2, -0.15) is 5.10 Å². The summed E-state index contributed by atoms with van der Waals surface area (Å²) >= 11 is 3.34. The highest BCUT2D eigenvalue weighted by Gasteiger charge is 2.24. The van der Waals surface area contributed by atoms with Gasteiger partial charge in [0.2, 0.25) is 0 Å². The minimum atomic E-state index is -3.76. The van der Waals surface area contributed by atoms with Crippen molar-refractivity contribution in [3.05, 3.63) is 75.0 Å². The highest BCUT2D eigenvalue weighted by Crippen LogP contribution is 2.28. The fraction of sp³-hybridized carbons (Fsp3) is 0.111. The third-order valence-electron chi connectivity index (χ3n) is 3.99. The fourth-order valence-electron chi connectivity index (χ4n) is 2.48. The third-order valence-corrected chi connectivity index (χ3v) is 6.45. The Hall–Kier alpha value is -2.45. The van der Waals surface area contributed by atoms with Crippen LogP contribution in [0.5, 0.6) is 0 Å². The Bertz CT molecular complexity index is 1090. The molecule has 6 nitrogen and oxygen atoms in total. The molecule has 0 spiro atoms. The third kappa shape index (κ3) is 3.56. The number of hydrogen-bond acceptors (Lipinski definition) is 4. The SMILES string of the molecule is Cc1ccc(-c2ccc(=O)[nH]n2)cc1S(=O)(=O)N(C)c1ccc(Br)cc1. The number of anilines is 1. The number of halogens is 1. The number of rotatable bonds is 4. The topological polar surface area (TPSA) is 83.1 Å². The monoisotopic (exact) mass is 433 g/mol. The summed E-state index contributed by atoms with van der Waals surface area (Å²) in [5, 5.41) is 6.32. The summed E-state index contributed by atoms with van der Waals surface area (Å²) in [6.07, 6.45) is 0. The van der Waals surface area contributed by atoms with E-state index in [1.54, 1.807) is 55.5 Å². The van der Waals surface area contributed by atoms with Crippen LogP contribution in [0.1, 0.15) is 5.56 Å². The zero-order valence-corrected chi connectivity index (χ0v) is 16.5. The van der Waals surface area contributed by atoms with Crippen LogP contribution in [0.2, 0.25) is 0 Å². The second-order valence-electron chi connectivity index (χ2n) is 5.74. The number of sulfonamides is 1. The van der Waals surface area contributed by atoms with Crippen molar-refractivity contribution in [3.8, 4) is 11.3 Å². The molecule has 134 valence electrons. The minimum Gasteiger partial charge on any atom is -0.269 e. The average Bonchev–Trinajstić information content (AvgIpc) is 2.63. The number of hydrogen-bond donors (Lipinski definition) is 1. The highest BCUT2D eigenvalue weighted by molar-refractivity contribution is 9.10. The molecule has 0 unspecified atom stereocenters. The summed E-state index contributed by atoms with van der Waals surface area (Å²) in [6, 6.07) is 15.0. The van der Waals surface area contributed by atoms with E-state index in [0.717, 1.165) is 4.47 Å². The van der Waals surface area contributed by atoms with Gasteiger partial charge in [0, 0.05) is 23.2 Å². The van der Waals surface area contributed by atoms with E-state index < -0.39 is 10.0 Å². The van der Waals surface area contributed by atoms with Crippen molar-refractivity contribution >= 4 is 31.6 Å². The predicted octanol–water partition coefficient (Wildman–Crippen LogP) is 3.33. The fourth-order valence-corrected chi connectivity index (χ4v) is 4.19. The van der Waals surface area contributed by atoms with E-state index in [-0.39, 0.29) is 10.5 Å². The van der Waals surface area contributed by atoms with Gasteiger partial charge in [0.15, 0.2) is 0 Å². The van der Waals surface area contributed by atoms with E-state index in [1.807, 2.05) is 0 Å². The summed E-state index contributed by atoms with van der Waals surface area (Å²) in [6.45, 7) is 1.74. The lowest BCUT2D eigenvalue weighted by atomic mass is 10.1. The van der Waals surface area contributed by atoms with Crippen molar-refractivity contribution in [3.63, 3.8) is 0 Å². The summed E-state index contributed by atoms with van der Waals surface area (Å²) in [5.74, 6) is 0. The molecule has 0 radical (unpaired) electrons. The van der Waals surface area contributed by atoms with Gasteiger partial charge in [0.05, 0.1) is 16.3 Å². The molecule has 26 heavy (non-hydrogen) atoms. The molecule has 3 aromatic rings. The Labute approximate surface area is 159 Å². The molecule has 3 rings (SSSR count). The van der Waals surface area contributed by atoms with Crippen LogP contribution in [0.4, 0.5) is 5.69 Å². The molecule has 1 aromatic heterocycles. The smallest absolute Gasteiger partial charge is 0.264 e. The second-order valence-corrected chi connectivity index (χ2v) is 8.59. The second kappa shape index (κ2) is 7.05. The number of aromatic nitrogens is 2. The van der Waals surface area contributed by atoms with Crippen LogP contribution < -0.4 is 9.86 Å². The largest absolute Gasteiger partial charge is 0.269 e. The zero-order chi connectivity index (χ0) is 18.9. The van der Waals surface area contributed by atoms with Crippen molar-refractivity contribution in [2.24, 2.45) is 0 Å². The minimum absolute atomic E-state index is 0.188. The Morgan fingerprint density at radius 2 is 1.73 bits per heavy atom. The van der Waals surface area contributed by atoms with Gasteiger partial charge in [0.25, 0.3) is 15.6 Å². The van der Waals surface area contributed by atoms with E-state index in [9.17, 15) is 13.2 Å². The first-order valence-corrected chi connectivity index (χ1v) is 9.93. The van der Waals surface area contributed by atoms with Crippen LogP contribution in [0.15, 0.2) is 68.8 Å². The molecular weight excluding hydrogens is 418 g/mol. The highest BCUT2D eigenvalue weighted by atomic mass is 79.9. The van der Waals surface area contributed by atoms with Gasteiger partial charge in [-0.05, 0) is 48.9 Å². The Morgan fingerprint density at radius 3 is 2.35 bits per heavy atom. The average molecular weight is 434 g/mol. The molecule has 0 saturated heterocycles. The van der Waals surface area contributed by atoms with Crippen molar-refractivity contribution in [2.75, 3.05) is 11.4 Å². The van der Waals surface area contributed by atoms with E-state index in [4.69, 9.17) is 0 Å². The number of aromatic amines is 1. The molecule has 0 atom stereocenters. The molecule has 0 aliphatic carbocycles. The van der Waals surface area contributed by atoms with Gasteiger partial charge in [-0.1, -0.05) is 28.1 Å². The van der Waals surface area contributed by atoms with Crippen LogP contribution in [0.25, 0.3) is 11.3 Å². The van der Waals surface area contributed by atoms with Crippen LogP contribution >= 0.6 is 15.9 Å². The Morgan fingerprint density at radius 1 is 1.04 bits per heavy atom. The van der Waals surface area contributed by atoms with Crippen molar-refractivity contribution in [1.82, 2.24) is 10.2 Å². The lowest BCUT2D eigenvalue weighted by molar-refractivity contribution is 0.594. The molecular formula is C18H16BrN3O3S. The first kappa shape index (κ1) is 18.3. The summed E-state index contributed by atoms with van der Waals surface area (Å²) in [5.41, 5.74) is 1.97. The maximum atomic E-state index is 13.1. The molecule has 0 bridgehead atoms. The normalized spacial score (nSPS) is 11.3. The molecule has 1 heterocycles. The van der Waals surface area contributed by atoms with E-state index in [0.29, 0.717) is 22.5 Å². The first-order chi connectivity index (χ1) is 12.3. The van der Waals surface area contributed by atoms with Crippen molar-refractivity contribution in [2.45, 2.75) is 11.8 Å². The van der Waals surface area contributed by atoms with Gasteiger partial charge in [0.1, 0.15) is 0 Å². The summed E-state index contributed by atoms with van der Waals surface area (Å²) in [7, 11) is -2.24. The molecule has 2 aromatic carbocycles. The van der Waals surface area contributed by atoms with Gasteiger partial charge >= 0.3 is 0 Å². The number of nitrogens with one attached hydrogen (secondary N) is 1. The van der Waals surface area contributed by atoms with E-state index in [1.165, 1.54) is 17.4 Å². The van der Waals surface area contributed by atoms with Gasteiger partial charge in [-0.15, -0.1) is 0 Å². The quantitative estimate of drug-likeness (QED) is 0.683. The van der Waals surface area contributed by atoms with E-state index in [2.05, 4.69) is 26.1 Å². The van der Waals surface area contributed by atoms with Crippen LogP contribution in [-0.4, -0.2) is 25.7 Å². The Balaban J connectivity index is 2.06. The predicted molar refractivity (Wildman–Crippen MR) is 105 cm³/mol. The van der Waals surface area contributed by atoms with Gasteiger partial charge < -0.3 is 0 Å².